The number of fused-ring (bicyclic) bond motifs is 1. The largest absolute Gasteiger partial charge is 0.452 e. The molecule has 0 bridgehead atoms. The van der Waals surface area contributed by atoms with Gasteiger partial charge in [0.15, 0.2) is 6.61 Å². The van der Waals surface area contributed by atoms with Crippen LogP contribution < -0.4 is 5.32 Å². The Balaban J connectivity index is 1.53. The Labute approximate surface area is 145 Å². The number of hydrogen-bond acceptors (Lipinski definition) is 4. The van der Waals surface area contributed by atoms with E-state index in [-0.39, 0.29) is 18.6 Å². The average Bonchev–Trinajstić information content (AvgIpc) is 3.14. The summed E-state index contributed by atoms with van der Waals surface area (Å²) < 4.78 is 5.03. The Hall–Kier alpha value is -2.14. The van der Waals surface area contributed by atoms with Gasteiger partial charge in [-0.15, -0.1) is 0 Å². The third-order valence-electron chi connectivity index (χ3n) is 4.34. The van der Waals surface area contributed by atoms with Gasteiger partial charge in [0.2, 0.25) is 0 Å². The number of nitrogens with one attached hydrogen (secondary N) is 1. The molecule has 24 heavy (non-hydrogen) atoms. The van der Waals surface area contributed by atoms with E-state index in [1.165, 1.54) is 35.3 Å². The maximum atomic E-state index is 12.0. The molecule has 1 aliphatic carbocycles. The van der Waals surface area contributed by atoms with Crippen molar-refractivity contribution in [1.29, 1.82) is 0 Å². The normalized spacial score (nSPS) is 14.5. The summed E-state index contributed by atoms with van der Waals surface area (Å²) in [7, 11) is 0. The molecule has 1 atom stereocenters. The number of thiophene rings is 1. The van der Waals surface area contributed by atoms with E-state index >= 15 is 0 Å². The van der Waals surface area contributed by atoms with Crippen molar-refractivity contribution in [2.75, 3.05) is 6.61 Å². The predicted molar refractivity (Wildman–Crippen MR) is 94.2 cm³/mol. The number of aryl methyl sites for hydroxylation is 2. The van der Waals surface area contributed by atoms with E-state index < -0.39 is 5.97 Å². The van der Waals surface area contributed by atoms with Crippen LogP contribution in [-0.2, 0) is 22.4 Å². The summed E-state index contributed by atoms with van der Waals surface area (Å²) in [6.07, 6.45) is 4.75. The van der Waals surface area contributed by atoms with Crippen LogP contribution in [-0.4, -0.2) is 18.5 Å². The Morgan fingerprint density at radius 3 is 2.75 bits per heavy atom. The van der Waals surface area contributed by atoms with Gasteiger partial charge in [-0.2, -0.15) is 11.3 Å². The molecule has 1 heterocycles. The minimum Gasteiger partial charge on any atom is -0.452 e. The SMILES string of the molecule is CC(NC(=O)COC(=O)c1ccsc1)c1ccc2c(c1)CCCC2. The standard InChI is InChI=1S/C19H21NO3S/c1-13(15-7-6-14-4-2-3-5-16(14)10-15)20-18(21)11-23-19(22)17-8-9-24-12-17/h6-10,12-13H,2-5,11H2,1H3,(H,20,21). The maximum Gasteiger partial charge on any atom is 0.339 e. The van der Waals surface area contributed by atoms with Gasteiger partial charge in [0, 0.05) is 5.38 Å². The molecule has 1 N–H and O–H groups in total. The summed E-state index contributed by atoms with van der Waals surface area (Å²) in [5, 5.41) is 6.39. The number of hydrogen-bond donors (Lipinski definition) is 1. The molecule has 0 saturated heterocycles. The molecule has 0 aliphatic heterocycles. The molecule has 1 aliphatic rings. The number of ether oxygens (including phenoxy) is 1. The summed E-state index contributed by atoms with van der Waals surface area (Å²) in [5.74, 6) is -0.753. The molecule has 5 heteroatoms. The summed E-state index contributed by atoms with van der Waals surface area (Å²) in [5.41, 5.74) is 4.39. The second-order valence-electron chi connectivity index (χ2n) is 6.11. The van der Waals surface area contributed by atoms with Crippen LogP contribution >= 0.6 is 11.3 Å². The van der Waals surface area contributed by atoms with Crippen LogP contribution in [0.1, 0.15) is 52.9 Å². The second kappa shape index (κ2) is 7.62. The van der Waals surface area contributed by atoms with Gasteiger partial charge in [0.25, 0.3) is 5.91 Å². The Kier molecular flexibility index (Phi) is 5.30. The molecule has 2 aromatic rings. The molecule has 1 aromatic carbocycles. The van der Waals surface area contributed by atoms with Crippen molar-refractivity contribution in [1.82, 2.24) is 5.32 Å². The number of carbonyl (C=O) groups excluding carboxylic acids is 2. The fraction of sp³-hybridized carbons (Fsp3) is 0.368. The third-order valence-corrected chi connectivity index (χ3v) is 5.02. The minimum absolute atomic E-state index is 0.107. The number of benzene rings is 1. The van der Waals surface area contributed by atoms with Crippen molar-refractivity contribution in [3.63, 3.8) is 0 Å². The molecule has 126 valence electrons. The van der Waals surface area contributed by atoms with E-state index in [4.69, 9.17) is 4.74 Å². The molecular weight excluding hydrogens is 322 g/mol. The fourth-order valence-electron chi connectivity index (χ4n) is 2.98. The van der Waals surface area contributed by atoms with Gasteiger partial charge in [0.1, 0.15) is 0 Å². The maximum absolute atomic E-state index is 12.0. The highest BCUT2D eigenvalue weighted by molar-refractivity contribution is 7.08. The van der Waals surface area contributed by atoms with E-state index in [0.717, 1.165) is 18.4 Å². The first-order chi connectivity index (χ1) is 11.6. The summed E-state index contributed by atoms with van der Waals surface area (Å²) in [4.78, 5) is 23.7. The number of amides is 1. The van der Waals surface area contributed by atoms with Crippen LogP contribution in [0, 0.1) is 0 Å². The molecule has 3 rings (SSSR count). The zero-order valence-electron chi connectivity index (χ0n) is 13.7. The van der Waals surface area contributed by atoms with Crippen LogP contribution in [0.15, 0.2) is 35.0 Å². The molecule has 1 amide bonds. The first kappa shape index (κ1) is 16.7. The van der Waals surface area contributed by atoms with E-state index in [1.54, 1.807) is 16.8 Å². The lowest BCUT2D eigenvalue weighted by atomic mass is 9.89. The van der Waals surface area contributed by atoms with Crippen LogP contribution in [0.2, 0.25) is 0 Å². The van der Waals surface area contributed by atoms with Gasteiger partial charge in [-0.1, -0.05) is 18.2 Å². The fourth-order valence-corrected chi connectivity index (χ4v) is 3.61. The van der Waals surface area contributed by atoms with E-state index in [2.05, 4.69) is 23.5 Å². The molecule has 1 unspecified atom stereocenters. The van der Waals surface area contributed by atoms with E-state index in [1.807, 2.05) is 6.92 Å². The Morgan fingerprint density at radius 2 is 2.00 bits per heavy atom. The highest BCUT2D eigenvalue weighted by Crippen LogP contribution is 2.24. The third kappa shape index (κ3) is 4.03. The molecule has 0 saturated carbocycles. The number of carbonyl (C=O) groups is 2. The predicted octanol–water partition coefficient (Wildman–Crippen LogP) is 3.66. The monoisotopic (exact) mass is 343 g/mol. The van der Waals surface area contributed by atoms with Crippen molar-refractivity contribution < 1.29 is 14.3 Å². The van der Waals surface area contributed by atoms with Crippen LogP contribution in [0.3, 0.4) is 0 Å². The van der Waals surface area contributed by atoms with Gasteiger partial charge >= 0.3 is 5.97 Å². The van der Waals surface area contributed by atoms with Crippen LogP contribution in [0.25, 0.3) is 0 Å². The molecule has 4 nitrogen and oxygen atoms in total. The van der Waals surface area contributed by atoms with Crippen molar-refractivity contribution in [2.45, 2.75) is 38.6 Å². The van der Waals surface area contributed by atoms with Gasteiger partial charge in [-0.3, -0.25) is 4.79 Å². The van der Waals surface area contributed by atoms with E-state index in [0.29, 0.717) is 5.56 Å². The van der Waals surface area contributed by atoms with E-state index in [9.17, 15) is 9.59 Å². The van der Waals surface area contributed by atoms with Gasteiger partial charge in [-0.05, 0) is 60.7 Å². The zero-order valence-corrected chi connectivity index (χ0v) is 14.5. The smallest absolute Gasteiger partial charge is 0.339 e. The lowest BCUT2D eigenvalue weighted by Crippen LogP contribution is -2.31. The first-order valence-electron chi connectivity index (χ1n) is 8.24. The summed E-state index contributed by atoms with van der Waals surface area (Å²) >= 11 is 1.42. The highest BCUT2D eigenvalue weighted by atomic mass is 32.1. The van der Waals surface area contributed by atoms with Gasteiger partial charge < -0.3 is 10.1 Å². The van der Waals surface area contributed by atoms with Crippen LogP contribution in [0.5, 0.6) is 0 Å². The molecule has 0 spiro atoms. The van der Waals surface area contributed by atoms with Gasteiger partial charge in [-0.25, -0.2) is 4.79 Å². The topological polar surface area (TPSA) is 55.4 Å². The second-order valence-corrected chi connectivity index (χ2v) is 6.89. The summed E-state index contributed by atoms with van der Waals surface area (Å²) in [6, 6.07) is 8.01. The average molecular weight is 343 g/mol. The molecular formula is C19H21NO3S. The lowest BCUT2D eigenvalue weighted by Gasteiger charge is -2.20. The quantitative estimate of drug-likeness (QED) is 0.843. The zero-order chi connectivity index (χ0) is 16.9. The van der Waals surface area contributed by atoms with Crippen molar-refractivity contribution in [3.8, 4) is 0 Å². The number of esters is 1. The van der Waals surface area contributed by atoms with Crippen molar-refractivity contribution in [2.24, 2.45) is 0 Å². The summed E-state index contributed by atoms with van der Waals surface area (Å²) in [6.45, 7) is 1.69. The lowest BCUT2D eigenvalue weighted by molar-refractivity contribution is -0.124. The Morgan fingerprint density at radius 1 is 1.21 bits per heavy atom. The highest BCUT2D eigenvalue weighted by Gasteiger charge is 2.15. The first-order valence-corrected chi connectivity index (χ1v) is 9.18. The molecule has 1 aromatic heterocycles. The minimum atomic E-state index is -0.465. The van der Waals surface area contributed by atoms with Crippen molar-refractivity contribution >= 4 is 23.2 Å². The molecule has 0 radical (unpaired) electrons. The van der Waals surface area contributed by atoms with Crippen molar-refractivity contribution in [3.05, 3.63) is 57.3 Å². The number of rotatable bonds is 5. The Bertz CT molecular complexity index is 724. The van der Waals surface area contributed by atoms with Gasteiger partial charge in [0.05, 0.1) is 11.6 Å². The molecule has 0 fully saturated rings. The van der Waals surface area contributed by atoms with Crippen LogP contribution in [0.4, 0.5) is 0 Å².